The highest BCUT2D eigenvalue weighted by Gasteiger charge is 2.61. The molecule has 4 fully saturated rings. The molecular formula is C27H36N2O9. The van der Waals surface area contributed by atoms with Gasteiger partial charge in [0, 0.05) is 0 Å². The Kier molecular flexibility index (Phi) is 6.59. The van der Waals surface area contributed by atoms with Crippen LogP contribution in [0, 0.1) is 0 Å². The molecule has 0 N–H and O–H groups in total. The average Bonchev–Trinajstić information content (AvgIpc) is 3.36. The van der Waals surface area contributed by atoms with E-state index in [2.05, 4.69) is 0 Å². The predicted molar refractivity (Wildman–Crippen MR) is 133 cm³/mol. The van der Waals surface area contributed by atoms with Crippen LogP contribution in [0.2, 0.25) is 0 Å². The number of para-hydroxylation sites is 1. The number of carbonyl (C=O) groups excluding carboxylic acids is 3. The fourth-order valence-electron chi connectivity index (χ4n) is 5.43. The molecule has 38 heavy (non-hydrogen) atoms. The molecule has 0 aliphatic carbocycles. The summed E-state index contributed by atoms with van der Waals surface area (Å²) in [5.41, 5.74) is -0.327. The van der Waals surface area contributed by atoms with E-state index in [1.807, 2.05) is 0 Å². The first-order valence-electron chi connectivity index (χ1n) is 12.9. The van der Waals surface area contributed by atoms with Crippen molar-refractivity contribution in [1.29, 1.82) is 0 Å². The Morgan fingerprint density at radius 1 is 0.921 bits per heavy atom. The van der Waals surface area contributed by atoms with Crippen molar-refractivity contribution in [2.45, 2.75) is 109 Å². The molecule has 0 spiro atoms. The highest BCUT2D eigenvalue weighted by molar-refractivity contribution is 6.21. The van der Waals surface area contributed by atoms with Gasteiger partial charge in [-0.15, -0.1) is 0 Å². The third-order valence-electron chi connectivity index (χ3n) is 6.74. The summed E-state index contributed by atoms with van der Waals surface area (Å²) in [6.07, 6.45) is -3.40. The summed E-state index contributed by atoms with van der Waals surface area (Å²) in [5, 5.41) is 0. The smallest absolute Gasteiger partial charge is 0.332 e. The van der Waals surface area contributed by atoms with E-state index in [0.717, 1.165) is 4.90 Å². The SMILES string of the molecule is CC(C)(C)OC(=O)CC1C(=O)N(c2ccccc2)C(=O)N1C[C@H]1O[C@@H]2OC(C)(C)O[C@@H]2[C@H]2OC(C)(C)O[C@H]21. The second-order valence-electron chi connectivity index (χ2n) is 12.0. The van der Waals surface area contributed by atoms with E-state index >= 15 is 0 Å². The number of anilines is 1. The molecule has 0 bridgehead atoms. The van der Waals surface area contributed by atoms with Gasteiger partial charge in [-0.05, 0) is 60.6 Å². The van der Waals surface area contributed by atoms with Crippen LogP contribution in [-0.4, -0.2) is 83.3 Å². The van der Waals surface area contributed by atoms with E-state index in [1.54, 1.807) is 78.8 Å². The molecule has 11 nitrogen and oxygen atoms in total. The second-order valence-corrected chi connectivity index (χ2v) is 12.0. The van der Waals surface area contributed by atoms with Crippen molar-refractivity contribution >= 4 is 23.6 Å². The molecule has 4 saturated heterocycles. The van der Waals surface area contributed by atoms with Gasteiger partial charge in [0.15, 0.2) is 17.9 Å². The number of imide groups is 1. The average molecular weight is 533 g/mol. The van der Waals surface area contributed by atoms with Crippen LogP contribution in [0.3, 0.4) is 0 Å². The highest BCUT2D eigenvalue weighted by atomic mass is 16.9. The van der Waals surface area contributed by atoms with Crippen molar-refractivity contribution in [2.24, 2.45) is 0 Å². The molecule has 0 radical (unpaired) electrons. The lowest BCUT2D eigenvalue weighted by Crippen LogP contribution is -2.58. The Hall–Kier alpha value is -2.57. The number of amides is 3. The van der Waals surface area contributed by atoms with Gasteiger partial charge in [0.1, 0.15) is 36.1 Å². The fourth-order valence-corrected chi connectivity index (χ4v) is 5.43. The van der Waals surface area contributed by atoms with Crippen LogP contribution in [-0.2, 0) is 38.0 Å². The summed E-state index contributed by atoms with van der Waals surface area (Å²) in [4.78, 5) is 42.5. The van der Waals surface area contributed by atoms with Crippen LogP contribution in [0.4, 0.5) is 10.5 Å². The molecule has 0 saturated carbocycles. The molecule has 11 heteroatoms. The van der Waals surface area contributed by atoms with Crippen molar-refractivity contribution in [2.75, 3.05) is 11.4 Å². The number of benzene rings is 1. The van der Waals surface area contributed by atoms with Gasteiger partial charge in [-0.1, -0.05) is 18.2 Å². The van der Waals surface area contributed by atoms with Gasteiger partial charge in [-0.3, -0.25) is 9.59 Å². The minimum atomic E-state index is -1.08. The van der Waals surface area contributed by atoms with Gasteiger partial charge < -0.3 is 33.3 Å². The van der Waals surface area contributed by atoms with E-state index < -0.39 is 71.8 Å². The van der Waals surface area contributed by atoms with Gasteiger partial charge in [-0.25, -0.2) is 9.69 Å². The lowest BCUT2D eigenvalue weighted by Gasteiger charge is -2.39. The van der Waals surface area contributed by atoms with Gasteiger partial charge in [-0.2, -0.15) is 0 Å². The molecular weight excluding hydrogens is 496 g/mol. The van der Waals surface area contributed by atoms with Crippen LogP contribution < -0.4 is 4.90 Å². The Labute approximate surface area is 222 Å². The first-order valence-corrected chi connectivity index (χ1v) is 12.9. The van der Waals surface area contributed by atoms with Gasteiger partial charge in [0.05, 0.1) is 18.7 Å². The standard InChI is InChI=1S/C27H36N2O9/c1-25(2,3)34-18(30)13-16-22(31)29(15-11-9-8-10-12-15)24(32)28(16)14-17-19-20(36-26(4,5)35-19)21-23(33-17)38-27(6,7)37-21/h8-12,16-17,19-21,23H,13-14H2,1-7H3/t16?,17-,19+,20+,21-,23-/m1/s1. The van der Waals surface area contributed by atoms with Crippen LogP contribution in [0.25, 0.3) is 0 Å². The summed E-state index contributed by atoms with van der Waals surface area (Å²) in [7, 11) is 0. The maximum atomic E-state index is 13.7. The lowest BCUT2D eigenvalue weighted by atomic mass is 9.98. The third-order valence-corrected chi connectivity index (χ3v) is 6.74. The molecule has 3 amide bonds. The molecule has 1 aromatic carbocycles. The Morgan fingerprint density at radius 2 is 1.53 bits per heavy atom. The van der Waals surface area contributed by atoms with E-state index in [-0.39, 0.29) is 13.0 Å². The van der Waals surface area contributed by atoms with Crippen molar-refractivity contribution < 1.29 is 42.8 Å². The van der Waals surface area contributed by atoms with E-state index in [1.165, 1.54) is 4.90 Å². The van der Waals surface area contributed by atoms with Gasteiger partial charge in [0.25, 0.3) is 5.91 Å². The maximum Gasteiger partial charge on any atom is 0.332 e. The Morgan fingerprint density at radius 3 is 2.18 bits per heavy atom. The molecule has 4 aliphatic rings. The number of carbonyl (C=O) groups is 3. The second kappa shape index (κ2) is 9.27. The van der Waals surface area contributed by atoms with Crippen LogP contribution in [0.15, 0.2) is 30.3 Å². The number of nitrogens with zero attached hydrogens (tertiary/aromatic N) is 2. The minimum Gasteiger partial charge on any atom is -0.460 e. The summed E-state index contributed by atoms with van der Waals surface area (Å²) in [6.45, 7) is 12.4. The number of fused-ring (bicyclic) bond motifs is 3. The molecule has 6 atom stereocenters. The number of urea groups is 1. The first-order chi connectivity index (χ1) is 17.6. The van der Waals surface area contributed by atoms with Gasteiger partial charge in [0.2, 0.25) is 0 Å². The number of ether oxygens (including phenoxy) is 6. The molecule has 5 rings (SSSR count). The normalized spacial score (nSPS) is 33.9. The zero-order valence-corrected chi connectivity index (χ0v) is 22.8. The summed E-state index contributed by atoms with van der Waals surface area (Å²) in [6, 6.07) is 6.97. The quantitative estimate of drug-likeness (QED) is 0.417. The summed E-state index contributed by atoms with van der Waals surface area (Å²) in [5.74, 6) is -2.91. The van der Waals surface area contributed by atoms with E-state index in [9.17, 15) is 14.4 Å². The molecule has 4 heterocycles. The number of rotatable bonds is 5. The van der Waals surface area contributed by atoms with E-state index in [0.29, 0.717) is 5.69 Å². The van der Waals surface area contributed by atoms with E-state index in [4.69, 9.17) is 28.4 Å². The van der Waals surface area contributed by atoms with Crippen LogP contribution >= 0.6 is 0 Å². The van der Waals surface area contributed by atoms with Crippen LogP contribution in [0.5, 0.6) is 0 Å². The van der Waals surface area contributed by atoms with Crippen molar-refractivity contribution in [3.8, 4) is 0 Å². The zero-order chi connectivity index (χ0) is 27.6. The first kappa shape index (κ1) is 27.0. The molecule has 0 aromatic heterocycles. The highest BCUT2D eigenvalue weighted by Crippen LogP contribution is 2.44. The molecule has 1 unspecified atom stereocenters. The van der Waals surface area contributed by atoms with Crippen molar-refractivity contribution in [3.05, 3.63) is 30.3 Å². The number of hydrogen-bond donors (Lipinski definition) is 0. The lowest BCUT2D eigenvalue weighted by molar-refractivity contribution is -0.235. The Balaban J connectivity index is 1.44. The molecule has 4 aliphatic heterocycles. The van der Waals surface area contributed by atoms with Crippen LogP contribution in [0.1, 0.15) is 54.9 Å². The maximum absolute atomic E-state index is 13.7. The number of hydrogen-bond acceptors (Lipinski definition) is 9. The largest absolute Gasteiger partial charge is 0.460 e. The minimum absolute atomic E-state index is 0.0328. The predicted octanol–water partition coefficient (Wildman–Crippen LogP) is 2.95. The monoisotopic (exact) mass is 532 g/mol. The Bertz CT molecular complexity index is 1100. The summed E-state index contributed by atoms with van der Waals surface area (Å²) < 4.78 is 36.2. The fraction of sp³-hybridized carbons (Fsp3) is 0.667. The molecule has 208 valence electrons. The van der Waals surface area contributed by atoms with Gasteiger partial charge >= 0.3 is 12.0 Å². The third kappa shape index (κ3) is 5.17. The topological polar surface area (TPSA) is 113 Å². The van der Waals surface area contributed by atoms with Crippen molar-refractivity contribution in [3.63, 3.8) is 0 Å². The zero-order valence-electron chi connectivity index (χ0n) is 22.8. The number of esters is 1. The summed E-state index contributed by atoms with van der Waals surface area (Å²) >= 11 is 0. The molecule has 1 aromatic rings. The van der Waals surface area contributed by atoms with Crippen molar-refractivity contribution in [1.82, 2.24) is 4.90 Å².